The van der Waals surface area contributed by atoms with Crippen molar-refractivity contribution in [1.29, 1.82) is 0 Å². The number of ether oxygens (including phenoxy) is 2. The van der Waals surface area contributed by atoms with Crippen molar-refractivity contribution >= 4 is 15.9 Å². The van der Waals surface area contributed by atoms with E-state index in [0.717, 1.165) is 34.6 Å². The molecule has 2 rings (SSSR count). The molecule has 0 bridgehead atoms. The van der Waals surface area contributed by atoms with E-state index in [4.69, 9.17) is 9.47 Å². The predicted molar refractivity (Wildman–Crippen MR) is 107 cm³/mol. The minimum atomic E-state index is 0.515. The average molecular weight is 406 g/mol. The maximum absolute atomic E-state index is 6.00. The van der Waals surface area contributed by atoms with Crippen LogP contribution in [0.3, 0.4) is 0 Å². The lowest BCUT2D eigenvalue weighted by molar-refractivity contribution is 0.282. The Morgan fingerprint density at radius 3 is 2.44 bits per heavy atom. The van der Waals surface area contributed by atoms with Gasteiger partial charge >= 0.3 is 0 Å². The van der Waals surface area contributed by atoms with Crippen LogP contribution in [-0.2, 0) is 13.2 Å². The van der Waals surface area contributed by atoms with Gasteiger partial charge in [0.15, 0.2) is 11.5 Å². The van der Waals surface area contributed by atoms with Gasteiger partial charge < -0.3 is 14.8 Å². The van der Waals surface area contributed by atoms with Crippen molar-refractivity contribution in [3.05, 3.63) is 57.6 Å². The summed E-state index contributed by atoms with van der Waals surface area (Å²) in [6.45, 7) is 8.91. The van der Waals surface area contributed by atoms with E-state index in [-0.39, 0.29) is 0 Å². The minimum absolute atomic E-state index is 0.515. The maximum Gasteiger partial charge on any atom is 0.175 e. The molecule has 0 atom stereocenters. The molecular weight excluding hydrogens is 378 g/mol. The Hall–Kier alpha value is -1.52. The molecule has 0 fully saturated rings. The Bertz CT molecular complexity index is 668. The lowest BCUT2D eigenvalue weighted by atomic mass is 10.1. The fourth-order valence-corrected chi connectivity index (χ4v) is 3.08. The fraction of sp³-hybridized carbons (Fsp3) is 0.429. The van der Waals surface area contributed by atoms with Gasteiger partial charge in [-0.25, -0.2) is 0 Å². The van der Waals surface area contributed by atoms with Crippen LogP contribution in [0, 0.1) is 12.8 Å². The molecule has 0 unspecified atom stereocenters. The number of halogens is 1. The van der Waals surface area contributed by atoms with Crippen molar-refractivity contribution < 1.29 is 9.47 Å². The van der Waals surface area contributed by atoms with Crippen molar-refractivity contribution in [2.75, 3.05) is 13.7 Å². The molecule has 0 aliphatic heterocycles. The highest BCUT2D eigenvalue weighted by Gasteiger charge is 2.12. The topological polar surface area (TPSA) is 30.5 Å². The standard InChI is InChI=1S/C21H28BrNO2/c1-15(2)9-10-23-13-18-11-19(22)21(20(12-18)24-4)25-14-17-7-5-16(3)6-8-17/h5-8,11-12,15,23H,9-10,13-14H2,1-4H3. The normalized spacial score (nSPS) is 11.0. The number of hydrogen-bond acceptors (Lipinski definition) is 3. The maximum atomic E-state index is 6.00. The largest absolute Gasteiger partial charge is 0.493 e. The highest BCUT2D eigenvalue weighted by molar-refractivity contribution is 9.10. The zero-order chi connectivity index (χ0) is 18.2. The highest BCUT2D eigenvalue weighted by atomic mass is 79.9. The zero-order valence-corrected chi connectivity index (χ0v) is 17.2. The van der Waals surface area contributed by atoms with E-state index in [1.54, 1.807) is 7.11 Å². The van der Waals surface area contributed by atoms with Gasteiger partial charge in [-0.2, -0.15) is 0 Å². The summed E-state index contributed by atoms with van der Waals surface area (Å²) in [5, 5.41) is 3.48. The Morgan fingerprint density at radius 2 is 1.80 bits per heavy atom. The van der Waals surface area contributed by atoms with Crippen LogP contribution in [0.15, 0.2) is 40.9 Å². The monoisotopic (exact) mass is 405 g/mol. The molecule has 2 aromatic carbocycles. The summed E-state index contributed by atoms with van der Waals surface area (Å²) in [5.74, 6) is 2.21. The van der Waals surface area contributed by atoms with Gasteiger partial charge in [-0.05, 0) is 65.0 Å². The Labute approximate surface area is 159 Å². The molecule has 0 saturated carbocycles. The smallest absolute Gasteiger partial charge is 0.175 e. The molecule has 25 heavy (non-hydrogen) atoms. The summed E-state index contributed by atoms with van der Waals surface area (Å²) in [7, 11) is 1.68. The third-order valence-corrected chi connectivity index (χ3v) is 4.61. The van der Waals surface area contributed by atoms with Crippen LogP contribution in [0.1, 0.15) is 37.0 Å². The first-order chi connectivity index (χ1) is 12.0. The van der Waals surface area contributed by atoms with E-state index >= 15 is 0 Å². The van der Waals surface area contributed by atoms with E-state index in [1.165, 1.54) is 17.5 Å². The van der Waals surface area contributed by atoms with Crippen molar-refractivity contribution in [2.45, 2.75) is 40.3 Å². The number of benzene rings is 2. The van der Waals surface area contributed by atoms with Crippen LogP contribution in [0.4, 0.5) is 0 Å². The first kappa shape index (κ1) is 19.8. The first-order valence-electron chi connectivity index (χ1n) is 8.75. The molecule has 3 nitrogen and oxygen atoms in total. The Kier molecular flexibility index (Phi) is 7.79. The molecule has 2 aromatic rings. The van der Waals surface area contributed by atoms with Crippen LogP contribution < -0.4 is 14.8 Å². The molecule has 0 spiro atoms. The van der Waals surface area contributed by atoms with Gasteiger partial charge in [-0.15, -0.1) is 0 Å². The second-order valence-electron chi connectivity index (χ2n) is 6.74. The van der Waals surface area contributed by atoms with Gasteiger partial charge in [-0.1, -0.05) is 43.7 Å². The molecule has 4 heteroatoms. The summed E-state index contributed by atoms with van der Waals surface area (Å²) in [4.78, 5) is 0. The third-order valence-electron chi connectivity index (χ3n) is 4.02. The predicted octanol–water partition coefficient (Wildman–Crippen LogP) is 5.48. The molecule has 0 aliphatic rings. The van der Waals surface area contributed by atoms with E-state index in [0.29, 0.717) is 12.5 Å². The Balaban J connectivity index is 2.01. The van der Waals surface area contributed by atoms with Gasteiger partial charge in [0.2, 0.25) is 0 Å². The SMILES string of the molecule is COc1cc(CNCCC(C)C)cc(Br)c1OCc1ccc(C)cc1. The van der Waals surface area contributed by atoms with E-state index in [2.05, 4.69) is 72.3 Å². The highest BCUT2D eigenvalue weighted by Crippen LogP contribution is 2.37. The quantitative estimate of drug-likeness (QED) is 0.560. The van der Waals surface area contributed by atoms with Crippen LogP contribution in [0.5, 0.6) is 11.5 Å². The van der Waals surface area contributed by atoms with Crippen molar-refractivity contribution in [3.63, 3.8) is 0 Å². The molecule has 0 radical (unpaired) electrons. The second kappa shape index (κ2) is 9.83. The zero-order valence-electron chi connectivity index (χ0n) is 15.6. The van der Waals surface area contributed by atoms with E-state index in [9.17, 15) is 0 Å². The number of nitrogens with one attached hydrogen (secondary N) is 1. The van der Waals surface area contributed by atoms with Gasteiger partial charge in [0.1, 0.15) is 6.61 Å². The van der Waals surface area contributed by atoms with Gasteiger partial charge in [-0.3, -0.25) is 0 Å². The number of aryl methyl sites for hydroxylation is 1. The summed E-state index contributed by atoms with van der Waals surface area (Å²) in [6, 6.07) is 12.5. The van der Waals surface area contributed by atoms with Crippen LogP contribution in [0.2, 0.25) is 0 Å². The van der Waals surface area contributed by atoms with Gasteiger partial charge in [0, 0.05) is 6.54 Å². The van der Waals surface area contributed by atoms with Crippen LogP contribution in [-0.4, -0.2) is 13.7 Å². The minimum Gasteiger partial charge on any atom is -0.493 e. The molecule has 1 N–H and O–H groups in total. The molecule has 0 amide bonds. The lowest BCUT2D eigenvalue weighted by Crippen LogP contribution is -2.16. The molecule has 0 saturated heterocycles. The van der Waals surface area contributed by atoms with E-state index < -0.39 is 0 Å². The lowest BCUT2D eigenvalue weighted by Gasteiger charge is -2.15. The molecular formula is C21H28BrNO2. The molecule has 0 heterocycles. The third kappa shape index (κ3) is 6.37. The van der Waals surface area contributed by atoms with Gasteiger partial charge in [0.25, 0.3) is 0 Å². The van der Waals surface area contributed by atoms with Crippen molar-refractivity contribution in [1.82, 2.24) is 5.32 Å². The summed E-state index contributed by atoms with van der Waals surface area (Å²) >= 11 is 3.62. The summed E-state index contributed by atoms with van der Waals surface area (Å²) in [5.41, 5.74) is 3.56. The number of hydrogen-bond donors (Lipinski definition) is 1. The number of methoxy groups -OCH3 is 1. The number of rotatable bonds is 9. The summed E-state index contributed by atoms with van der Waals surface area (Å²) < 4.78 is 12.5. The first-order valence-corrected chi connectivity index (χ1v) is 9.54. The van der Waals surface area contributed by atoms with Gasteiger partial charge in [0.05, 0.1) is 11.6 Å². The fourth-order valence-electron chi connectivity index (χ4n) is 2.48. The van der Waals surface area contributed by atoms with E-state index in [1.807, 2.05) is 6.07 Å². The average Bonchev–Trinajstić information content (AvgIpc) is 2.58. The summed E-state index contributed by atoms with van der Waals surface area (Å²) in [6.07, 6.45) is 1.18. The van der Waals surface area contributed by atoms with Crippen molar-refractivity contribution in [2.24, 2.45) is 5.92 Å². The second-order valence-corrected chi connectivity index (χ2v) is 7.60. The van der Waals surface area contributed by atoms with Crippen LogP contribution >= 0.6 is 15.9 Å². The van der Waals surface area contributed by atoms with Crippen molar-refractivity contribution in [3.8, 4) is 11.5 Å². The molecule has 0 aromatic heterocycles. The molecule has 136 valence electrons. The molecule has 0 aliphatic carbocycles. The Morgan fingerprint density at radius 1 is 1.08 bits per heavy atom. The van der Waals surface area contributed by atoms with Crippen LogP contribution in [0.25, 0.3) is 0 Å².